The third-order valence-electron chi connectivity index (χ3n) is 25.7. The molecule has 0 saturated carbocycles. The van der Waals surface area contributed by atoms with E-state index in [0.717, 1.165) is 96.5 Å². The summed E-state index contributed by atoms with van der Waals surface area (Å²) in [5, 5.41) is 46.2. The number of hydrogen-bond donors (Lipinski definition) is 2. The van der Waals surface area contributed by atoms with E-state index in [9.17, 15) is 30.3 Å². The van der Waals surface area contributed by atoms with Crippen LogP contribution < -0.4 is 22.6 Å². The van der Waals surface area contributed by atoms with E-state index in [0.29, 0.717) is 77.3 Å². The van der Waals surface area contributed by atoms with Gasteiger partial charge in [0.1, 0.15) is 17.0 Å². The standard InChI is InChI=1S/C78H90N6O6.C27H45N3O2/c1-5-9-13-17-21-23-27-31-35-53(33-29-25-19-15-11-7-3)37-39-55-49-65-73(67(51-55)83(87)88)81-75(79-65)61-45-41-57-60-44-48-64-72-62(46-42-58(70(60)72)59-43-47-63(77(81)85)71(61)69(57)59)76-80-66-50-56(52-68(84(89)90)74(66)82(76)78(64)86)40-38-54(34-30-26-20-16-12-8-4)36-32-28-24-22-18-14-10-6-2;1-3-5-7-9-11-12-14-16-18-23(17-15-13-10-8-6-4-2)19-20-24-21-25(28)27(29)26(22-24)30(31)32/h41-54H,5-36H2,1-4H3;21-23H,3-18,28-29H2,1-2H3. The van der Waals surface area contributed by atoms with Crippen LogP contribution in [0.3, 0.4) is 0 Å². The average Bonchev–Trinajstić information content (AvgIpc) is 0.919. The molecule has 0 saturated heterocycles. The minimum absolute atomic E-state index is 0.0168. The molecule has 12 rings (SSSR count). The number of non-ortho nitro benzene ring substituents is 2. The van der Waals surface area contributed by atoms with Gasteiger partial charge in [-0.2, -0.15) is 0 Å². The maximum atomic E-state index is 15.1. The molecule has 8 aromatic carbocycles. The molecule has 0 aliphatic heterocycles. The Kier molecular flexibility index (Phi) is 36.0. The second-order valence-electron chi connectivity index (χ2n) is 35.1. The highest BCUT2D eigenvalue weighted by atomic mass is 16.6. The highest BCUT2D eigenvalue weighted by Gasteiger charge is 2.29. The monoisotopic (exact) mass is 1650 g/mol. The number of anilines is 2. The average molecular weight is 1650 g/mol. The van der Waals surface area contributed by atoms with Crippen LogP contribution in [-0.4, -0.2) is 33.5 Å². The molecule has 0 bridgehead atoms. The summed E-state index contributed by atoms with van der Waals surface area (Å²) in [7, 11) is 0. The molecule has 0 radical (unpaired) electrons. The predicted octanol–water partition coefficient (Wildman–Crippen LogP) is 29.6. The first-order valence-corrected chi connectivity index (χ1v) is 47.7. The summed E-state index contributed by atoms with van der Waals surface area (Å²) in [6, 6.07) is 25.2. The zero-order valence-electron chi connectivity index (χ0n) is 74.3. The normalized spacial score (nSPS) is 12.5. The van der Waals surface area contributed by atoms with Crippen LogP contribution in [0.5, 0.6) is 0 Å². The first kappa shape index (κ1) is 92.5. The van der Waals surface area contributed by atoms with Gasteiger partial charge in [-0.15, -0.1) is 0 Å². The van der Waals surface area contributed by atoms with Gasteiger partial charge in [-0.25, -0.2) is 9.97 Å². The molecule has 12 aromatic rings. The van der Waals surface area contributed by atoms with E-state index in [1.165, 1.54) is 271 Å². The van der Waals surface area contributed by atoms with Crippen molar-refractivity contribution in [2.24, 2.45) is 17.8 Å². The topological polar surface area (TPSA) is 250 Å². The minimum atomic E-state index is -0.495. The van der Waals surface area contributed by atoms with Crippen LogP contribution in [0.4, 0.5) is 28.4 Å². The number of rotatable bonds is 51. The van der Waals surface area contributed by atoms with Crippen molar-refractivity contribution in [2.45, 2.75) is 350 Å². The van der Waals surface area contributed by atoms with Gasteiger partial charge < -0.3 is 11.5 Å². The highest BCUT2D eigenvalue weighted by Crippen LogP contribution is 2.47. The van der Waals surface area contributed by atoms with Gasteiger partial charge in [0.25, 0.3) is 28.2 Å². The summed E-state index contributed by atoms with van der Waals surface area (Å²) in [6.45, 7) is 13.5. The van der Waals surface area contributed by atoms with Crippen molar-refractivity contribution in [3.63, 3.8) is 0 Å². The van der Waals surface area contributed by atoms with Crippen LogP contribution in [0.15, 0.2) is 94.5 Å². The Labute approximate surface area is 723 Å². The zero-order chi connectivity index (χ0) is 86.3. The Morgan fingerprint density at radius 3 is 0.811 bits per heavy atom. The van der Waals surface area contributed by atoms with Crippen LogP contribution in [0.1, 0.15) is 366 Å². The largest absolute Gasteiger partial charge is 0.397 e. The molecule has 0 aliphatic rings. The molecule has 4 heterocycles. The van der Waals surface area contributed by atoms with Gasteiger partial charge in [0.05, 0.1) is 31.5 Å². The summed E-state index contributed by atoms with van der Waals surface area (Å²) >= 11 is 0. The Balaban J connectivity index is 0.000000383. The number of unbranched alkanes of at least 4 members (excludes halogenated alkanes) is 36. The Hall–Kier alpha value is -10.2. The molecule has 0 amide bonds. The smallest absolute Gasteiger partial charge is 0.296 e. The zero-order valence-corrected chi connectivity index (χ0v) is 74.3. The van der Waals surface area contributed by atoms with E-state index in [1.54, 1.807) is 18.2 Å². The van der Waals surface area contributed by atoms with Crippen molar-refractivity contribution in [2.75, 3.05) is 11.5 Å². The number of benzene rings is 8. The number of nitro benzene ring substituents is 3. The Morgan fingerprint density at radius 1 is 0.311 bits per heavy atom. The maximum absolute atomic E-state index is 15.1. The number of fused-ring (bicyclic) bond motifs is 10. The third kappa shape index (κ3) is 23.6. The first-order chi connectivity index (χ1) is 59.5. The molecule has 17 nitrogen and oxygen atoms in total. The van der Waals surface area contributed by atoms with E-state index in [1.807, 2.05) is 48.5 Å². The minimum Gasteiger partial charge on any atom is -0.397 e. The lowest BCUT2D eigenvalue weighted by Gasteiger charge is -2.18. The summed E-state index contributed by atoms with van der Waals surface area (Å²) in [6.07, 6.45) is 58.8. The lowest BCUT2D eigenvalue weighted by molar-refractivity contribution is -0.383. The molecule has 4 aromatic heterocycles. The predicted molar refractivity (Wildman–Crippen MR) is 512 cm³/mol. The molecule has 122 heavy (non-hydrogen) atoms. The summed E-state index contributed by atoms with van der Waals surface area (Å²) in [5.74, 6) is 21.1. The molecule has 0 fully saturated rings. The van der Waals surface area contributed by atoms with Crippen molar-refractivity contribution < 1.29 is 14.8 Å². The number of pyridine rings is 2. The number of nitrogens with two attached hydrogens (primary N) is 2. The molecule has 4 N–H and O–H groups in total. The van der Waals surface area contributed by atoms with Crippen molar-refractivity contribution >= 4 is 126 Å². The molecule has 17 heteroatoms. The number of hydrogen-bond acceptors (Lipinski definition) is 12. The second-order valence-corrected chi connectivity index (χ2v) is 35.1. The number of nitrogen functional groups attached to an aromatic ring is 2. The van der Waals surface area contributed by atoms with Crippen molar-refractivity contribution in [3.8, 4) is 35.5 Å². The van der Waals surface area contributed by atoms with Gasteiger partial charge in [-0.1, -0.05) is 371 Å². The van der Waals surface area contributed by atoms with Crippen LogP contribution in [0, 0.1) is 83.6 Å². The van der Waals surface area contributed by atoms with Gasteiger partial charge in [0.15, 0.2) is 11.0 Å². The fraction of sp³-hybridized carbons (Fsp3) is 0.543. The quantitative estimate of drug-likeness (QED) is 0.00687. The van der Waals surface area contributed by atoms with Crippen molar-refractivity contribution in [3.05, 3.63) is 153 Å². The van der Waals surface area contributed by atoms with Gasteiger partial charge in [-0.05, 0) is 113 Å². The summed E-state index contributed by atoms with van der Waals surface area (Å²) in [5.41, 5.74) is 13.7. The molecule has 0 spiro atoms. The van der Waals surface area contributed by atoms with Gasteiger partial charge >= 0.3 is 0 Å². The summed E-state index contributed by atoms with van der Waals surface area (Å²) in [4.78, 5) is 76.3. The Bertz CT molecular complexity index is 5500. The van der Waals surface area contributed by atoms with Crippen LogP contribution in [-0.2, 0) is 0 Å². The number of aromatic nitrogens is 4. The number of imidazole rings is 2. The fourth-order valence-electron chi connectivity index (χ4n) is 18.8. The van der Waals surface area contributed by atoms with Gasteiger partial charge in [-0.3, -0.25) is 48.7 Å². The fourth-order valence-corrected chi connectivity index (χ4v) is 18.8. The van der Waals surface area contributed by atoms with Gasteiger partial charge in [0, 0.05) is 85.0 Å². The summed E-state index contributed by atoms with van der Waals surface area (Å²) < 4.78 is 2.83. The van der Waals surface area contributed by atoms with Gasteiger partial charge in [0.2, 0.25) is 0 Å². The van der Waals surface area contributed by atoms with E-state index in [4.69, 9.17) is 21.4 Å². The number of nitro groups is 3. The molecular weight excluding hydrogens is 1520 g/mol. The second kappa shape index (κ2) is 47.5. The molecular formula is C105H135N9O8. The van der Waals surface area contributed by atoms with E-state index >= 15 is 9.59 Å². The highest BCUT2D eigenvalue weighted by molar-refractivity contribution is 6.40. The third-order valence-corrected chi connectivity index (χ3v) is 25.7. The van der Waals surface area contributed by atoms with E-state index in [-0.39, 0.29) is 51.3 Å². The van der Waals surface area contributed by atoms with Crippen LogP contribution >= 0.6 is 0 Å². The molecule has 3 unspecified atom stereocenters. The Morgan fingerprint density at radius 2 is 0.541 bits per heavy atom. The van der Waals surface area contributed by atoms with E-state index < -0.39 is 25.9 Å². The first-order valence-electron chi connectivity index (χ1n) is 47.7. The maximum Gasteiger partial charge on any atom is 0.296 e. The van der Waals surface area contributed by atoms with Crippen LogP contribution in [0.2, 0.25) is 0 Å². The SMILES string of the molecule is CCCCCCCCCCC(C#Cc1cc(N)c(N)c([N+](=O)[O-])c1)CCCCCCCC.CCCCCCCCCCC(C#Cc1cc([N+](=O)[O-])c2c(c1)nc1c3ccc4c5ccc6c(=O)n7c(nc8cc(C#CC(CCCCCCCC)CCCCCCCCCC)cc([N+](=O)[O-])c87)c7ccc(c8ccc(c(=O)n12)c3c84)c5c67)CCCCCCCC. The lowest BCUT2D eigenvalue weighted by Crippen LogP contribution is -2.14. The molecule has 0 aliphatic carbocycles. The van der Waals surface area contributed by atoms with Crippen LogP contribution in [0.25, 0.3) is 98.0 Å². The van der Waals surface area contributed by atoms with Crippen molar-refractivity contribution in [1.29, 1.82) is 0 Å². The lowest BCUT2D eigenvalue weighted by atomic mass is 9.86. The molecule has 3 atom stereocenters. The van der Waals surface area contributed by atoms with E-state index in [2.05, 4.69) is 77.1 Å². The number of nitrogens with zero attached hydrogens (tertiary/aromatic N) is 7. The molecule has 648 valence electrons. The van der Waals surface area contributed by atoms with Crippen molar-refractivity contribution in [1.82, 2.24) is 18.8 Å².